The van der Waals surface area contributed by atoms with Gasteiger partial charge in [-0.3, -0.25) is 4.79 Å². The Bertz CT molecular complexity index is 1260. The first kappa shape index (κ1) is 27.0. The third-order valence-corrected chi connectivity index (χ3v) is 8.34. The summed E-state index contributed by atoms with van der Waals surface area (Å²) in [6.07, 6.45) is 1.53. The molecule has 0 atom stereocenters. The Kier molecular flexibility index (Phi) is 8.11. The SMILES string of the molecule is CC1CCC(CC(=O)N2CCc3c(n(Cc4ccc(C(F)(F)F)s4)c4ncccc34)C2)CC1.O=C(O)O. The summed E-state index contributed by atoms with van der Waals surface area (Å²) >= 11 is 0.774. The van der Waals surface area contributed by atoms with Gasteiger partial charge in [-0.2, -0.15) is 13.2 Å². The van der Waals surface area contributed by atoms with E-state index in [4.69, 9.17) is 15.0 Å². The van der Waals surface area contributed by atoms with Crippen molar-refractivity contribution in [3.63, 3.8) is 0 Å². The van der Waals surface area contributed by atoms with Crippen LogP contribution in [0.5, 0.6) is 0 Å². The second-order valence-electron chi connectivity index (χ2n) is 9.83. The van der Waals surface area contributed by atoms with Crippen LogP contribution in [0.3, 0.4) is 0 Å². The molecule has 3 aromatic heterocycles. The first-order chi connectivity index (χ1) is 17.5. The molecule has 1 saturated carbocycles. The summed E-state index contributed by atoms with van der Waals surface area (Å²) in [6.45, 7) is 3.78. The molecule has 2 aliphatic rings. The van der Waals surface area contributed by atoms with E-state index in [1.54, 1.807) is 12.3 Å². The Labute approximate surface area is 216 Å². The monoisotopic (exact) mass is 537 g/mol. The molecule has 4 heterocycles. The van der Waals surface area contributed by atoms with Crippen molar-refractivity contribution >= 4 is 34.4 Å². The molecular formula is C26H30F3N3O4S. The van der Waals surface area contributed by atoms with Crippen LogP contribution in [0.25, 0.3) is 11.0 Å². The average Bonchev–Trinajstić information content (AvgIpc) is 3.44. The molecule has 0 bridgehead atoms. The zero-order valence-electron chi connectivity index (χ0n) is 20.5. The fourth-order valence-corrected chi connectivity index (χ4v) is 6.19. The number of carbonyl (C=O) groups is 2. The molecule has 200 valence electrons. The number of alkyl halides is 3. The van der Waals surface area contributed by atoms with Crippen molar-refractivity contribution in [1.82, 2.24) is 14.5 Å². The van der Waals surface area contributed by atoms with Crippen LogP contribution in [0.15, 0.2) is 30.5 Å². The molecule has 11 heteroatoms. The number of fused-ring (bicyclic) bond motifs is 3. The molecule has 1 aliphatic carbocycles. The number of carboxylic acid groups (broad SMARTS) is 2. The van der Waals surface area contributed by atoms with Gasteiger partial charge in [-0.25, -0.2) is 9.78 Å². The highest BCUT2D eigenvalue weighted by molar-refractivity contribution is 7.12. The van der Waals surface area contributed by atoms with Crippen molar-refractivity contribution in [1.29, 1.82) is 0 Å². The van der Waals surface area contributed by atoms with E-state index in [2.05, 4.69) is 11.9 Å². The lowest BCUT2D eigenvalue weighted by Crippen LogP contribution is -2.37. The first-order valence-electron chi connectivity index (χ1n) is 12.3. The number of amides is 1. The Hall–Kier alpha value is -3.08. The normalized spacial score (nSPS) is 19.7. The second kappa shape index (κ2) is 11.1. The van der Waals surface area contributed by atoms with E-state index in [1.807, 2.05) is 21.6 Å². The standard InChI is InChI=1S/C25H28F3N3OS.CH2O3/c1-16-4-6-17(7-5-16)13-23(32)30-12-10-19-20-3-2-11-29-24(20)31(21(19)15-30)14-18-8-9-22(33-18)25(26,27)28;2-1(3)4/h2-3,8-9,11,16-17H,4-7,10,12-15H2,1H3;(H2,2,3,4). The molecule has 0 aromatic carbocycles. The van der Waals surface area contributed by atoms with Crippen LogP contribution >= 0.6 is 11.3 Å². The minimum Gasteiger partial charge on any atom is -0.450 e. The van der Waals surface area contributed by atoms with E-state index in [-0.39, 0.29) is 5.91 Å². The van der Waals surface area contributed by atoms with Gasteiger partial charge in [-0.05, 0) is 60.9 Å². The molecule has 0 unspecified atom stereocenters. The number of pyridine rings is 1. The average molecular weight is 538 g/mol. The molecular weight excluding hydrogens is 507 g/mol. The number of aromatic nitrogens is 2. The fourth-order valence-electron chi connectivity index (χ4n) is 5.32. The molecule has 37 heavy (non-hydrogen) atoms. The summed E-state index contributed by atoms with van der Waals surface area (Å²) in [4.78, 5) is 28.2. The minimum absolute atomic E-state index is 0.195. The number of hydrogen-bond acceptors (Lipinski definition) is 4. The zero-order valence-corrected chi connectivity index (χ0v) is 21.3. The van der Waals surface area contributed by atoms with Crippen LogP contribution in [-0.2, 0) is 30.5 Å². The van der Waals surface area contributed by atoms with E-state index in [0.717, 1.165) is 59.3 Å². The highest BCUT2D eigenvalue weighted by atomic mass is 32.1. The van der Waals surface area contributed by atoms with Crippen LogP contribution in [0.4, 0.5) is 18.0 Å². The van der Waals surface area contributed by atoms with Crippen LogP contribution < -0.4 is 0 Å². The number of thiophene rings is 1. The summed E-state index contributed by atoms with van der Waals surface area (Å²) in [5.41, 5.74) is 2.95. The summed E-state index contributed by atoms with van der Waals surface area (Å²) in [5, 5.41) is 15.0. The van der Waals surface area contributed by atoms with Gasteiger partial charge >= 0.3 is 12.3 Å². The van der Waals surface area contributed by atoms with Crippen LogP contribution in [0.2, 0.25) is 0 Å². The molecule has 1 fully saturated rings. The largest absolute Gasteiger partial charge is 0.503 e. The Balaban J connectivity index is 0.000000747. The van der Waals surface area contributed by atoms with Crippen LogP contribution in [-0.4, -0.2) is 43.3 Å². The Morgan fingerprint density at radius 3 is 2.49 bits per heavy atom. The minimum atomic E-state index is -4.33. The number of halogens is 3. The molecule has 1 amide bonds. The predicted molar refractivity (Wildman–Crippen MR) is 134 cm³/mol. The van der Waals surface area contributed by atoms with E-state index < -0.39 is 17.2 Å². The molecule has 0 spiro atoms. The highest BCUT2D eigenvalue weighted by Gasteiger charge is 2.33. The molecule has 0 saturated heterocycles. The van der Waals surface area contributed by atoms with Crippen LogP contribution in [0.1, 0.15) is 60.0 Å². The van der Waals surface area contributed by atoms with Gasteiger partial charge in [-0.15, -0.1) is 11.3 Å². The van der Waals surface area contributed by atoms with Crippen molar-refractivity contribution in [2.24, 2.45) is 11.8 Å². The van der Waals surface area contributed by atoms with Crippen molar-refractivity contribution in [2.45, 2.75) is 64.7 Å². The maximum absolute atomic E-state index is 13.1. The molecule has 7 nitrogen and oxygen atoms in total. The smallest absolute Gasteiger partial charge is 0.450 e. The summed E-state index contributed by atoms with van der Waals surface area (Å²) in [5.74, 6) is 1.42. The summed E-state index contributed by atoms with van der Waals surface area (Å²) in [7, 11) is 0. The van der Waals surface area contributed by atoms with E-state index >= 15 is 0 Å². The second-order valence-corrected chi connectivity index (χ2v) is 11.0. The number of hydrogen-bond donors (Lipinski definition) is 2. The van der Waals surface area contributed by atoms with Crippen molar-refractivity contribution < 1.29 is 33.0 Å². The third kappa shape index (κ3) is 6.44. The Morgan fingerprint density at radius 1 is 1.14 bits per heavy atom. The Morgan fingerprint density at radius 2 is 1.84 bits per heavy atom. The topological polar surface area (TPSA) is 95.7 Å². The van der Waals surface area contributed by atoms with E-state index in [0.29, 0.717) is 36.9 Å². The van der Waals surface area contributed by atoms with E-state index in [9.17, 15) is 18.0 Å². The van der Waals surface area contributed by atoms with Gasteiger partial charge in [0.25, 0.3) is 0 Å². The van der Waals surface area contributed by atoms with Gasteiger partial charge in [0.15, 0.2) is 0 Å². The van der Waals surface area contributed by atoms with Gasteiger partial charge < -0.3 is 19.7 Å². The van der Waals surface area contributed by atoms with Crippen molar-refractivity contribution in [3.05, 3.63) is 51.5 Å². The van der Waals surface area contributed by atoms with Crippen molar-refractivity contribution in [3.8, 4) is 0 Å². The maximum atomic E-state index is 13.1. The lowest BCUT2D eigenvalue weighted by Gasteiger charge is -2.31. The highest BCUT2D eigenvalue weighted by Crippen LogP contribution is 2.37. The zero-order chi connectivity index (χ0) is 26.7. The quantitative estimate of drug-likeness (QED) is 0.397. The fraction of sp³-hybridized carbons (Fsp3) is 0.500. The van der Waals surface area contributed by atoms with Gasteiger partial charge in [0, 0.05) is 35.1 Å². The molecule has 1 aliphatic heterocycles. The molecule has 2 N–H and O–H groups in total. The van der Waals surface area contributed by atoms with E-state index in [1.165, 1.54) is 18.4 Å². The third-order valence-electron chi connectivity index (χ3n) is 7.22. The number of carbonyl (C=O) groups excluding carboxylic acids is 1. The molecule has 3 aromatic rings. The maximum Gasteiger partial charge on any atom is 0.503 e. The van der Waals surface area contributed by atoms with Gasteiger partial charge in [0.05, 0.1) is 13.1 Å². The lowest BCUT2D eigenvalue weighted by atomic mass is 9.81. The van der Waals surface area contributed by atoms with Crippen LogP contribution in [0, 0.1) is 11.8 Å². The van der Waals surface area contributed by atoms with Gasteiger partial charge in [0.2, 0.25) is 5.91 Å². The summed E-state index contributed by atoms with van der Waals surface area (Å²) < 4.78 is 41.3. The molecule has 5 rings (SSSR count). The van der Waals surface area contributed by atoms with Gasteiger partial charge in [-0.1, -0.05) is 19.8 Å². The molecule has 0 radical (unpaired) electrons. The predicted octanol–water partition coefficient (Wildman–Crippen LogP) is 6.49. The lowest BCUT2D eigenvalue weighted by molar-refractivity contribution is -0.134. The summed E-state index contributed by atoms with van der Waals surface area (Å²) in [6, 6.07) is 6.60. The number of nitrogens with zero attached hydrogens (tertiary/aromatic N) is 3. The van der Waals surface area contributed by atoms with Gasteiger partial charge in [0.1, 0.15) is 10.5 Å². The van der Waals surface area contributed by atoms with Crippen molar-refractivity contribution in [2.75, 3.05) is 6.54 Å². The number of rotatable bonds is 4. The first-order valence-corrected chi connectivity index (χ1v) is 13.1.